The number of aliphatic hydroxyl groups is 1. The van der Waals surface area contributed by atoms with Gasteiger partial charge < -0.3 is 10.8 Å². The van der Waals surface area contributed by atoms with E-state index in [9.17, 15) is 5.11 Å². The lowest BCUT2D eigenvalue weighted by atomic mass is 9.84. The first kappa shape index (κ1) is 10.6. The summed E-state index contributed by atoms with van der Waals surface area (Å²) in [5, 5.41) is 10.3. The van der Waals surface area contributed by atoms with Crippen LogP contribution in [0.2, 0.25) is 0 Å². The van der Waals surface area contributed by atoms with Gasteiger partial charge >= 0.3 is 0 Å². The van der Waals surface area contributed by atoms with Crippen LogP contribution >= 0.6 is 0 Å². The topological polar surface area (TPSA) is 59.1 Å². The molecule has 82 valence electrons. The SMILES string of the molecule is CC(O)(CCN)C1CCc2cccnc21. The molecule has 0 saturated carbocycles. The number of aromatic nitrogens is 1. The Hall–Kier alpha value is -0.930. The molecule has 1 aliphatic carbocycles. The third kappa shape index (κ3) is 1.90. The van der Waals surface area contributed by atoms with Gasteiger partial charge in [0.25, 0.3) is 0 Å². The molecule has 0 amide bonds. The second kappa shape index (κ2) is 3.91. The Kier molecular flexibility index (Phi) is 2.76. The van der Waals surface area contributed by atoms with Crippen LogP contribution in [0.1, 0.15) is 36.9 Å². The van der Waals surface area contributed by atoms with Crippen LogP contribution in [0.5, 0.6) is 0 Å². The van der Waals surface area contributed by atoms with Gasteiger partial charge in [-0.2, -0.15) is 0 Å². The average Bonchev–Trinajstić information content (AvgIpc) is 2.61. The minimum absolute atomic E-state index is 0.150. The van der Waals surface area contributed by atoms with Gasteiger partial charge in [-0.3, -0.25) is 4.98 Å². The fourth-order valence-electron chi connectivity index (χ4n) is 2.48. The van der Waals surface area contributed by atoms with Crippen molar-refractivity contribution in [1.29, 1.82) is 0 Å². The molecule has 3 N–H and O–H groups in total. The van der Waals surface area contributed by atoms with E-state index < -0.39 is 5.60 Å². The summed E-state index contributed by atoms with van der Waals surface area (Å²) in [4.78, 5) is 4.39. The first-order valence-electron chi connectivity index (χ1n) is 5.51. The van der Waals surface area contributed by atoms with Crippen molar-refractivity contribution in [3.05, 3.63) is 29.6 Å². The minimum Gasteiger partial charge on any atom is -0.389 e. The normalized spacial score (nSPS) is 23.5. The third-order valence-electron chi connectivity index (χ3n) is 3.36. The number of hydrogen-bond acceptors (Lipinski definition) is 3. The van der Waals surface area contributed by atoms with Crippen molar-refractivity contribution in [2.45, 2.75) is 37.7 Å². The van der Waals surface area contributed by atoms with Crippen molar-refractivity contribution in [1.82, 2.24) is 4.98 Å². The van der Waals surface area contributed by atoms with Crippen LogP contribution in [0.3, 0.4) is 0 Å². The molecular weight excluding hydrogens is 188 g/mol. The van der Waals surface area contributed by atoms with Crippen molar-refractivity contribution in [3.8, 4) is 0 Å². The number of nitrogens with two attached hydrogens (primary N) is 1. The van der Waals surface area contributed by atoms with Gasteiger partial charge in [-0.25, -0.2) is 0 Å². The van der Waals surface area contributed by atoms with Gasteiger partial charge in [0, 0.05) is 17.8 Å². The Morgan fingerprint density at radius 3 is 3.20 bits per heavy atom. The molecule has 1 heterocycles. The highest BCUT2D eigenvalue weighted by atomic mass is 16.3. The summed E-state index contributed by atoms with van der Waals surface area (Å²) in [6.07, 6.45) is 4.44. The summed E-state index contributed by atoms with van der Waals surface area (Å²) in [6.45, 7) is 2.39. The molecule has 2 unspecified atom stereocenters. The van der Waals surface area contributed by atoms with Crippen LogP contribution in [0.4, 0.5) is 0 Å². The van der Waals surface area contributed by atoms with E-state index in [1.807, 2.05) is 13.0 Å². The molecule has 15 heavy (non-hydrogen) atoms. The number of rotatable bonds is 3. The standard InChI is InChI=1S/C12H18N2O/c1-12(15,6-7-13)10-5-4-9-3-2-8-14-11(9)10/h2-3,8,10,15H,4-7,13H2,1H3. The molecule has 3 heteroatoms. The van der Waals surface area contributed by atoms with Crippen LogP contribution in [0.25, 0.3) is 0 Å². The Morgan fingerprint density at radius 2 is 2.47 bits per heavy atom. The minimum atomic E-state index is -0.714. The van der Waals surface area contributed by atoms with Crippen LogP contribution in [0.15, 0.2) is 18.3 Å². The molecular formula is C12H18N2O. The van der Waals surface area contributed by atoms with Crippen molar-refractivity contribution >= 4 is 0 Å². The van der Waals surface area contributed by atoms with Crippen molar-refractivity contribution in [2.24, 2.45) is 5.73 Å². The monoisotopic (exact) mass is 206 g/mol. The molecule has 2 rings (SSSR count). The second-order valence-electron chi connectivity index (χ2n) is 4.53. The molecule has 0 spiro atoms. The number of nitrogens with zero attached hydrogens (tertiary/aromatic N) is 1. The van der Waals surface area contributed by atoms with Gasteiger partial charge in [0.1, 0.15) is 0 Å². The number of pyridine rings is 1. The Bertz CT molecular complexity index is 349. The second-order valence-corrected chi connectivity index (χ2v) is 4.53. The molecule has 1 aliphatic rings. The van der Waals surface area contributed by atoms with E-state index in [2.05, 4.69) is 11.1 Å². The maximum absolute atomic E-state index is 10.3. The van der Waals surface area contributed by atoms with E-state index in [1.165, 1.54) is 5.56 Å². The highest BCUT2D eigenvalue weighted by Crippen LogP contribution is 2.40. The zero-order valence-electron chi connectivity index (χ0n) is 9.11. The molecule has 3 nitrogen and oxygen atoms in total. The first-order chi connectivity index (χ1) is 7.15. The van der Waals surface area contributed by atoms with Crippen molar-refractivity contribution in [3.63, 3.8) is 0 Å². The largest absolute Gasteiger partial charge is 0.389 e. The number of fused-ring (bicyclic) bond motifs is 1. The quantitative estimate of drug-likeness (QED) is 0.781. The molecule has 1 aromatic heterocycles. The van der Waals surface area contributed by atoms with E-state index in [0.717, 1.165) is 18.5 Å². The average molecular weight is 206 g/mol. The predicted octanol–water partition coefficient (Wildman–Crippen LogP) is 1.21. The van der Waals surface area contributed by atoms with Gasteiger partial charge in [-0.05, 0) is 44.4 Å². The van der Waals surface area contributed by atoms with Gasteiger partial charge in [-0.1, -0.05) is 6.07 Å². The third-order valence-corrected chi connectivity index (χ3v) is 3.36. The van der Waals surface area contributed by atoms with E-state index in [0.29, 0.717) is 13.0 Å². The zero-order chi connectivity index (χ0) is 10.9. The lowest BCUT2D eigenvalue weighted by Crippen LogP contribution is -2.34. The Balaban J connectivity index is 2.27. The summed E-state index contributed by atoms with van der Waals surface area (Å²) in [5.41, 5.74) is 7.15. The molecule has 0 radical (unpaired) electrons. The zero-order valence-corrected chi connectivity index (χ0v) is 9.11. The number of hydrogen-bond donors (Lipinski definition) is 2. The van der Waals surface area contributed by atoms with Crippen LogP contribution in [-0.2, 0) is 6.42 Å². The van der Waals surface area contributed by atoms with Gasteiger partial charge in [0.05, 0.1) is 5.60 Å². The summed E-state index contributed by atoms with van der Waals surface area (Å²) >= 11 is 0. The summed E-state index contributed by atoms with van der Waals surface area (Å²) < 4.78 is 0. The fraction of sp³-hybridized carbons (Fsp3) is 0.583. The molecule has 0 aliphatic heterocycles. The summed E-state index contributed by atoms with van der Waals surface area (Å²) in [6, 6.07) is 4.06. The molecule has 0 bridgehead atoms. The first-order valence-corrected chi connectivity index (χ1v) is 5.51. The van der Waals surface area contributed by atoms with Crippen molar-refractivity contribution < 1.29 is 5.11 Å². The lowest BCUT2D eigenvalue weighted by molar-refractivity contribution is 0.0235. The molecule has 2 atom stereocenters. The Morgan fingerprint density at radius 1 is 1.67 bits per heavy atom. The van der Waals surface area contributed by atoms with E-state index in [4.69, 9.17) is 5.73 Å². The van der Waals surface area contributed by atoms with E-state index >= 15 is 0 Å². The Labute approximate surface area is 90.3 Å². The molecule has 0 fully saturated rings. The molecule has 0 saturated heterocycles. The van der Waals surface area contributed by atoms with Crippen LogP contribution < -0.4 is 5.73 Å². The predicted molar refractivity (Wildman–Crippen MR) is 59.6 cm³/mol. The lowest BCUT2D eigenvalue weighted by Gasteiger charge is -2.29. The van der Waals surface area contributed by atoms with Gasteiger partial charge in [0.15, 0.2) is 0 Å². The molecule has 1 aromatic rings. The van der Waals surface area contributed by atoms with Crippen LogP contribution in [0, 0.1) is 0 Å². The summed E-state index contributed by atoms with van der Waals surface area (Å²) in [5.74, 6) is 0.150. The van der Waals surface area contributed by atoms with Gasteiger partial charge in [-0.15, -0.1) is 0 Å². The van der Waals surface area contributed by atoms with Crippen LogP contribution in [-0.4, -0.2) is 22.2 Å². The smallest absolute Gasteiger partial charge is 0.0715 e. The summed E-state index contributed by atoms with van der Waals surface area (Å²) in [7, 11) is 0. The van der Waals surface area contributed by atoms with E-state index in [1.54, 1.807) is 6.20 Å². The maximum Gasteiger partial charge on any atom is 0.0715 e. The van der Waals surface area contributed by atoms with Crippen molar-refractivity contribution in [2.75, 3.05) is 6.54 Å². The number of aryl methyl sites for hydroxylation is 1. The fourth-order valence-corrected chi connectivity index (χ4v) is 2.48. The maximum atomic E-state index is 10.3. The molecule has 0 aromatic carbocycles. The highest BCUT2D eigenvalue weighted by molar-refractivity contribution is 5.30. The van der Waals surface area contributed by atoms with Gasteiger partial charge in [0.2, 0.25) is 0 Å². The van der Waals surface area contributed by atoms with E-state index in [-0.39, 0.29) is 5.92 Å². The highest BCUT2D eigenvalue weighted by Gasteiger charge is 2.37.